The highest BCUT2D eigenvalue weighted by atomic mass is 15.2. The van der Waals surface area contributed by atoms with Gasteiger partial charge in [0.25, 0.3) is 0 Å². The van der Waals surface area contributed by atoms with Gasteiger partial charge >= 0.3 is 0 Å². The predicted octanol–water partition coefficient (Wildman–Crippen LogP) is 4.89. The summed E-state index contributed by atoms with van der Waals surface area (Å²) in [6.45, 7) is 12.7. The summed E-state index contributed by atoms with van der Waals surface area (Å²) in [5, 5.41) is 8.06. The molecule has 3 rings (SSSR count). The zero-order chi connectivity index (χ0) is 20.8. The van der Waals surface area contributed by atoms with Gasteiger partial charge in [-0.2, -0.15) is 0 Å². The highest BCUT2D eigenvalue weighted by molar-refractivity contribution is 5.93. The lowest BCUT2D eigenvalue weighted by molar-refractivity contribution is 0.518. The predicted molar refractivity (Wildman–Crippen MR) is 125 cm³/mol. The van der Waals surface area contributed by atoms with E-state index in [1.165, 1.54) is 5.57 Å². The van der Waals surface area contributed by atoms with E-state index in [0.29, 0.717) is 5.82 Å². The third-order valence-corrected chi connectivity index (χ3v) is 5.25. The van der Waals surface area contributed by atoms with Crippen molar-refractivity contribution in [3.8, 4) is 0 Å². The molecule has 1 aliphatic heterocycles. The molecule has 29 heavy (non-hydrogen) atoms. The smallest absolute Gasteiger partial charge is 0.0982 e. The summed E-state index contributed by atoms with van der Waals surface area (Å²) in [5.74, 6) is 0.635. The number of H-pyrrole nitrogens is 1. The van der Waals surface area contributed by atoms with Crippen molar-refractivity contribution in [1.82, 2.24) is 15.6 Å². The minimum Gasteiger partial charge on any atom is -0.385 e. The maximum atomic E-state index is 5.96. The molecule has 2 unspecified atom stereocenters. The van der Waals surface area contributed by atoms with Crippen molar-refractivity contribution >= 4 is 16.5 Å². The number of dihydropyridines is 1. The summed E-state index contributed by atoms with van der Waals surface area (Å²) in [4.78, 5) is 3.35. The van der Waals surface area contributed by atoms with Gasteiger partial charge in [-0.3, -0.25) is 5.32 Å². The normalized spacial score (nSPS) is 18.3. The summed E-state index contributed by atoms with van der Waals surface area (Å²) < 4.78 is 0. The third kappa shape index (κ3) is 4.79. The molecule has 0 fully saturated rings. The largest absolute Gasteiger partial charge is 0.385 e. The van der Waals surface area contributed by atoms with Crippen molar-refractivity contribution in [2.24, 2.45) is 5.73 Å². The number of allylic oxidation sites excluding steroid dienone is 5. The lowest BCUT2D eigenvalue weighted by atomic mass is 9.92. The number of benzene rings is 1. The zero-order valence-corrected chi connectivity index (χ0v) is 17.2. The maximum absolute atomic E-state index is 5.96. The van der Waals surface area contributed by atoms with E-state index >= 15 is 0 Å². The lowest BCUT2D eigenvalue weighted by Crippen LogP contribution is -2.48. The van der Waals surface area contributed by atoms with Gasteiger partial charge in [-0.1, -0.05) is 61.2 Å². The number of rotatable bonds is 8. The van der Waals surface area contributed by atoms with Crippen LogP contribution in [-0.4, -0.2) is 17.2 Å². The second kappa shape index (κ2) is 9.30. The molecule has 4 nitrogen and oxygen atoms in total. The van der Waals surface area contributed by atoms with Crippen LogP contribution in [0.25, 0.3) is 16.5 Å². The third-order valence-electron chi connectivity index (χ3n) is 5.25. The molecule has 0 spiro atoms. The van der Waals surface area contributed by atoms with Crippen LogP contribution in [0.2, 0.25) is 0 Å². The van der Waals surface area contributed by atoms with Crippen LogP contribution in [0.4, 0.5) is 0 Å². The van der Waals surface area contributed by atoms with Crippen LogP contribution < -0.4 is 16.4 Å². The molecule has 2 atom stereocenters. The summed E-state index contributed by atoms with van der Waals surface area (Å²) in [7, 11) is 0. The van der Waals surface area contributed by atoms with E-state index in [1.807, 2.05) is 42.6 Å². The molecule has 0 amide bonds. The van der Waals surface area contributed by atoms with Gasteiger partial charge in [-0.05, 0) is 49.6 Å². The molecule has 0 saturated carbocycles. The fraction of sp³-hybridized carbons (Fsp3) is 0.200. The zero-order valence-electron chi connectivity index (χ0n) is 17.2. The van der Waals surface area contributed by atoms with Crippen molar-refractivity contribution in [3.63, 3.8) is 0 Å². The second-order valence-electron chi connectivity index (χ2n) is 7.25. The molecule has 4 heteroatoms. The summed E-state index contributed by atoms with van der Waals surface area (Å²) >= 11 is 0. The molecule has 2 aromatic rings. The van der Waals surface area contributed by atoms with E-state index in [1.54, 1.807) is 0 Å². The van der Waals surface area contributed by atoms with E-state index in [0.717, 1.165) is 34.0 Å². The number of hydrogen-bond acceptors (Lipinski definition) is 3. The van der Waals surface area contributed by atoms with Gasteiger partial charge in [0.1, 0.15) is 0 Å². The Bertz CT molecular complexity index is 1020. The van der Waals surface area contributed by atoms with Crippen molar-refractivity contribution in [2.75, 3.05) is 0 Å². The fourth-order valence-corrected chi connectivity index (χ4v) is 3.43. The number of para-hydroxylation sites is 1. The molecule has 5 N–H and O–H groups in total. The first-order valence-corrected chi connectivity index (χ1v) is 9.89. The highest BCUT2D eigenvalue weighted by Crippen LogP contribution is 2.29. The number of fused-ring (bicyclic) bond motifs is 1. The Morgan fingerprint density at radius 1 is 1.34 bits per heavy atom. The molecule has 1 aromatic heterocycles. The first-order valence-electron chi connectivity index (χ1n) is 9.89. The van der Waals surface area contributed by atoms with Crippen LogP contribution in [0.3, 0.4) is 0 Å². The minimum atomic E-state index is -0.121. The Kier molecular flexibility index (Phi) is 6.57. The molecule has 0 bridgehead atoms. The van der Waals surface area contributed by atoms with Gasteiger partial charge < -0.3 is 16.0 Å². The molecule has 2 heterocycles. The first kappa shape index (κ1) is 20.5. The van der Waals surface area contributed by atoms with E-state index in [2.05, 4.69) is 66.9 Å². The topological polar surface area (TPSA) is 65.9 Å². The van der Waals surface area contributed by atoms with E-state index in [-0.39, 0.29) is 12.2 Å². The standard InChI is InChI=1S/C25H30N4/c1-5-17(3)14-15-19(6-2)25(29-24-13-9-12-23(26)28-24)18(4)21-16-27-22-11-8-7-10-20(21)22/h5-13,15-16,24-25,27-29H,2,4,14,26H2,1,3H3/b17-5+,19-15+. The summed E-state index contributed by atoms with van der Waals surface area (Å²) in [5.41, 5.74) is 11.5. The Hall–Kier alpha value is -3.24. The Balaban J connectivity index is 1.96. The Morgan fingerprint density at radius 3 is 2.86 bits per heavy atom. The summed E-state index contributed by atoms with van der Waals surface area (Å²) in [6.07, 6.45) is 14.9. The maximum Gasteiger partial charge on any atom is 0.0982 e. The molecule has 0 saturated heterocycles. The molecule has 1 aliphatic rings. The number of hydrogen-bond donors (Lipinski definition) is 4. The molecule has 1 aromatic carbocycles. The van der Waals surface area contributed by atoms with Gasteiger partial charge in [0.2, 0.25) is 0 Å². The number of aromatic nitrogens is 1. The lowest BCUT2D eigenvalue weighted by Gasteiger charge is -2.29. The fourth-order valence-electron chi connectivity index (χ4n) is 3.43. The minimum absolute atomic E-state index is 0.0990. The number of nitrogens with one attached hydrogen (secondary N) is 3. The average Bonchev–Trinajstić information content (AvgIpc) is 3.16. The van der Waals surface area contributed by atoms with Crippen LogP contribution in [0.5, 0.6) is 0 Å². The molecular weight excluding hydrogens is 356 g/mol. The quantitative estimate of drug-likeness (QED) is 0.386. The van der Waals surface area contributed by atoms with Crippen LogP contribution in [-0.2, 0) is 0 Å². The van der Waals surface area contributed by atoms with Gasteiger partial charge in [0.05, 0.1) is 18.0 Å². The number of aromatic amines is 1. The van der Waals surface area contributed by atoms with Gasteiger partial charge in [0.15, 0.2) is 0 Å². The van der Waals surface area contributed by atoms with E-state index < -0.39 is 0 Å². The van der Waals surface area contributed by atoms with Crippen molar-refractivity contribution in [1.29, 1.82) is 0 Å². The van der Waals surface area contributed by atoms with Crippen molar-refractivity contribution < 1.29 is 0 Å². The van der Waals surface area contributed by atoms with E-state index in [9.17, 15) is 0 Å². The van der Waals surface area contributed by atoms with Crippen LogP contribution in [0.1, 0.15) is 25.8 Å². The number of nitrogens with two attached hydrogens (primary N) is 1. The Labute approximate surface area is 173 Å². The molecule has 0 aliphatic carbocycles. The van der Waals surface area contributed by atoms with Gasteiger partial charge in [0, 0.05) is 22.7 Å². The van der Waals surface area contributed by atoms with Crippen molar-refractivity contribution in [3.05, 3.63) is 103 Å². The SMILES string of the molecule is C=C/C(=C\C/C(C)=C/C)C(NC1C=CC=C(N)N1)C(=C)c1c[nH]c2ccccc12. The van der Waals surface area contributed by atoms with Crippen molar-refractivity contribution in [2.45, 2.75) is 32.5 Å². The van der Waals surface area contributed by atoms with Crippen LogP contribution in [0, 0.1) is 0 Å². The summed E-state index contributed by atoms with van der Waals surface area (Å²) in [6, 6.07) is 8.15. The second-order valence-corrected chi connectivity index (χ2v) is 7.25. The molecule has 150 valence electrons. The van der Waals surface area contributed by atoms with Crippen LogP contribution >= 0.6 is 0 Å². The average molecular weight is 387 g/mol. The highest BCUT2D eigenvalue weighted by Gasteiger charge is 2.22. The molecule has 0 radical (unpaired) electrons. The Morgan fingerprint density at radius 2 is 2.14 bits per heavy atom. The molecular formula is C25H30N4. The van der Waals surface area contributed by atoms with Crippen LogP contribution in [0.15, 0.2) is 97.0 Å². The van der Waals surface area contributed by atoms with E-state index in [4.69, 9.17) is 5.73 Å². The monoisotopic (exact) mass is 386 g/mol. The first-order chi connectivity index (χ1) is 14.0. The van der Waals surface area contributed by atoms with Gasteiger partial charge in [-0.25, -0.2) is 0 Å². The van der Waals surface area contributed by atoms with Gasteiger partial charge in [-0.15, -0.1) is 0 Å².